The molecule has 3 atom stereocenters. The molecule has 0 saturated carbocycles. The minimum atomic E-state index is -0.902. The summed E-state index contributed by atoms with van der Waals surface area (Å²) in [5.74, 6) is -1.88. The van der Waals surface area contributed by atoms with Gasteiger partial charge in [-0.15, -0.1) is 0 Å². The lowest BCUT2D eigenvalue weighted by atomic mass is 9.98. The van der Waals surface area contributed by atoms with Crippen molar-refractivity contribution in [1.29, 1.82) is 0 Å². The highest BCUT2D eigenvalue weighted by molar-refractivity contribution is 5.92. The number of hydrogen-bond acceptors (Lipinski definition) is 5. The van der Waals surface area contributed by atoms with Gasteiger partial charge in [0.2, 0.25) is 17.7 Å². The van der Waals surface area contributed by atoms with Crippen LogP contribution in [0, 0.1) is 5.92 Å². The van der Waals surface area contributed by atoms with Crippen LogP contribution in [-0.2, 0) is 25.7 Å². The predicted octanol–water partition coefficient (Wildman–Crippen LogP) is 0.434. The molecule has 0 aliphatic rings. The molecule has 5 N–H and O–H groups in total. The van der Waals surface area contributed by atoms with Crippen LogP contribution in [0.4, 0.5) is 4.79 Å². The van der Waals surface area contributed by atoms with Crippen LogP contribution in [-0.4, -0.2) is 42.4 Å². The molecule has 0 aliphatic heterocycles. The van der Waals surface area contributed by atoms with Crippen LogP contribution in [0.15, 0.2) is 30.3 Å². The first-order valence-electron chi connectivity index (χ1n) is 9.08. The fourth-order valence-electron chi connectivity index (χ4n) is 2.29. The van der Waals surface area contributed by atoms with Gasteiger partial charge in [0, 0.05) is 0 Å². The van der Waals surface area contributed by atoms with E-state index >= 15 is 0 Å². The van der Waals surface area contributed by atoms with Crippen LogP contribution in [0.2, 0.25) is 0 Å². The molecule has 0 aliphatic carbocycles. The topological polar surface area (TPSA) is 140 Å². The first-order chi connectivity index (χ1) is 13.2. The predicted molar refractivity (Wildman–Crippen MR) is 103 cm³/mol. The molecule has 154 valence electrons. The fraction of sp³-hybridized carbons (Fsp3) is 0.474. The normalized spacial score (nSPS) is 13.5. The molecule has 1 aromatic rings. The Labute approximate surface area is 164 Å². The number of nitrogens with one attached hydrogen (secondary N) is 3. The average molecular weight is 392 g/mol. The zero-order valence-electron chi connectivity index (χ0n) is 16.4. The van der Waals surface area contributed by atoms with Gasteiger partial charge in [0.1, 0.15) is 25.2 Å². The third kappa shape index (κ3) is 8.07. The molecule has 1 aromatic carbocycles. The molecule has 9 nitrogen and oxygen atoms in total. The molecule has 3 unspecified atom stereocenters. The second kappa shape index (κ2) is 11.6. The van der Waals surface area contributed by atoms with Crippen LogP contribution >= 0.6 is 0 Å². The number of carbonyl (C=O) groups is 4. The third-order valence-electron chi connectivity index (χ3n) is 4.19. The molecule has 0 bridgehead atoms. The highest BCUT2D eigenvalue weighted by Gasteiger charge is 2.26. The molecule has 28 heavy (non-hydrogen) atoms. The number of carbonyl (C=O) groups excluding carboxylic acids is 4. The largest absolute Gasteiger partial charge is 0.445 e. The minimum absolute atomic E-state index is 0.0806. The second-order valence-corrected chi connectivity index (χ2v) is 6.48. The van der Waals surface area contributed by atoms with Gasteiger partial charge in [-0.3, -0.25) is 14.4 Å². The number of ether oxygens (including phenoxy) is 1. The molecule has 9 heteroatoms. The average Bonchev–Trinajstić information content (AvgIpc) is 2.68. The maximum atomic E-state index is 12.2. The van der Waals surface area contributed by atoms with E-state index in [-0.39, 0.29) is 19.1 Å². The number of amides is 4. The molecule has 0 aromatic heterocycles. The van der Waals surface area contributed by atoms with Gasteiger partial charge in [-0.1, -0.05) is 50.6 Å². The van der Waals surface area contributed by atoms with Gasteiger partial charge in [0.25, 0.3) is 0 Å². The van der Waals surface area contributed by atoms with Crippen molar-refractivity contribution < 1.29 is 23.9 Å². The summed E-state index contributed by atoms with van der Waals surface area (Å²) in [6, 6.07) is 7.38. The van der Waals surface area contributed by atoms with E-state index in [0.29, 0.717) is 6.42 Å². The number of rotatable bonds is 10. The summed E-state index contributed by atoms with van der Waals surface area (Å²) in [5.41, 5.74) is 6.13. The van der Waals surface area contributed by atoms with Gasteiger partial charge in [0.05, 0.1) is 0 Å². The van der Waals surface area contributed by atoms with E-state index in [0.717, 1.165) is 5.56 Å². The van der Waals surface area contributed by atoms with Gasteiger partial charge in [0.15, 0.2) is 0 Å². The van der Waals surface area contributed by atoms with Crippen molar-refractivity contribution in [2.24, 2.45) is 11.7 Å². The van der Waals surface area contributed by atoms with Crippen LogP contribution in [0.1, 0.15) is 32.8 Å². The van der Waals surface area contributed by atoms with Gasteiger partial charge in [-0.25, -0.2) is 4.79 Å². The monoisotopic (exact) mass is 392 g/mol. The van der Waals surface area contributed by atoms with Crippen molar-refractivity contribution >= 4 is 23.8 Å². The van der Waals surface area contributed by atoms with Crippen molar-refractivity contribution in [3.63, 3.8) is 0 Å². The van der Waals surface area contributed by atoms with E-state index in [4.69, 9.17) is 10.5 Å². The molecule has 4 amide bonds. The highest BCUT2D eigenvalue weighted by atomic mass is 16.5. The summed E-state index contributed by atoms with van der Waals surface area (Å²) < 4.78 is 4.99. The third-order valence-corrected chi connectivity index (χ3v) is 4.19. The molecule has 1 rings (SSSR count). The van der Waals surface area contributed by atoms with E-state index < -0.39 is 35.9 Å². The lowest BCUT2D eigenvalue weighted by molar-refractivity contribution is -0.131. The Morgan fingerprint density at radius 1 is 1.07 bits per heavy atom. The molecular formula is C19H28N4O5. The van der Waals surface area contributed by atoms with E-state index in [1.807, 2.05) is 25.1 Å². The quantitative estimate of drug-likeness (QED) is 0.457. The van der Waals surface area contributed by atoms with Gasteiger partial charge in [-0.2, -0.15) is 0 Å². The lowest BCUT2D eigenvalue weighted by Gasteiger charge is -2.23. The molecule has 0 spiro atoms. The van der Waals surface area contributed by atoms with Crippen molar-refractivity contribution in [2.75, 3.05) is 6.54 Å². The van der Waals surface area contributed by atoms with Crippen LogP contribution in [0.25, 0.3) is 0 Å². The number of primary amides is 1. The number of alkyl carbamates (subject to hydrolysis) is 1. The summed E-state index contributed by atoms with van der Waals surface area (Å²) >= 11 is 0. The summed E-state index contributed by atoms with van der Waals surface area (Å²) in [4.78, 5) is 47.2. The van der Waals surface area contributed by atoms with Crippen molar-refractivity contribution in [3.8, 4) is 0 Å². The Hall–Kier alpha value is -3.10. The zero-order chi connectivity index (χ0) is 21.1. The summed E-state index contributed by atoms with van der Waals surface area (Å²) in [5, 5.41) is 7.28. The van der Waals surface area contributed by atoms with E-state index in [1.54, 1.807) is 19.1 Å². The van der Waals surface area contributed by atoms with E-state index in [1.165, 1.54) is 6.92 Å². The van der Waals surface area contributed by atoms with Crippen molar-refractivity contribution in [1.82, 2.24) is 16.0 Å². The maximum absolute atomic E-state index is 12.2. The van der Waals surface area contributed by atoms with Gasteiger partial charge >= 0.3 is 6.09 Å². The summed E-state index contributed by atoms with van der Waals surface area (Å²) in [6.45, 7) is 4.87. The van der Waals surface area contributed by atoms with Crippen LogP contribution in [0.5, 0.6) is 0 Å². The van der Waals surface area contributed by atoms with Crippen LogP contribution < -0.4 is 21.7 Å². The van der Waals surface area contributed by atoms with Gasteiger partial charge < -0.3 is 26.4 Å². The fourth-order valence-corrected chi connectivity index (χ4v) is 2.29. The van der Waals surface area contributed by atoms with Crippen molar-refractivity contribution in [2.45, 2.75) is 45.9 Å². The zero-order valence-corrected chi connectivity index (χ0v) is 16.4. The molecule has 0 saturated heterocycles. The van der Waals surface area contributed by atoms with Crippen LogP contribution in [0.3, 0.4) is 0 Å². The van der Waals surface area contributed by atoms with E-state index in [9.17, 15) is 19.2 Å². The summed E-state index contributed by atoms with van der Waals surface area (Å²) in [6.07, 6.45) is -0.0921. The minimum Gasteiger partial charge on any atom is -0.445 e. The Morgan fingerprint density at radius 2 is 1.71 bits per heavy atom. The number of hydrogen-bond donors (Lipinski definition) is 4. The Morgan fingerprint density at radius 3 is 2.29 bits per heavy atom. The first-order valence-corrected chi connectivity index (χ1v) is 9.08. The Kier molecular flexibility index (Phi) is 9.49. The lowest BCUT2D eigenvalue weighted by Crippen LogP contribution is -2.54. The smallest absolute Gasteiger partial charge is 0.407 e. The molecule has 0 fully saturated rings. The molecule has 0 radical (unpaired) electrons. The second-order valence-electron chi connectivity index (χ2n) is 6.48. The summed E-state index contributed by atoms with van der Waals surface area (Å²) in [7, 11) is 0. The van der Waals surface area contributed by atoms with Crippen molar-refractivity contribution in [3.05, 3.63) is 35.9 Å². The SMILES string of the molecule is CCC(C)C(NC(=O)C(C)NC(=O)CNC(=O)OCc1ccccc1)C(N)=O. The molecule has 0 heterocycles. The molecular weight excluding hydrogens is 364 g/mol. The van der Waals surface area contributed by atoms with Gasteiger partial charge in [-0.05, 0) is 18.4 Å². The van der Waals surface area contributed by atoms with E-state index in [2.05, 4.69) is 16.0 Å². The standard InChI is InChI=1S/C19H28N4O5/c1-4-12(2)16(17(20)25)23-18(26)13(3)22-15(24)10-21-19(27)28-11-14-8-6-5-7-9-14/h5-9,12-13,16H,4,10-11H2,1-3H3,(H2,20,25)(H,21,27)(H,22,24)(H,23,26). The number of nitrogens with two attached hydrogens (primary N) is 1. The Bertz CT molecular complexity index is 680. The highest BCUT2D eigenvalue weighted by Crippen LogP contribution is 2.07. The number of benzene rings is 1. The first kappa shape index (κ1) is 22.9. The Balaban J connectivity index is 2.37. The maximum Gasteiger partial charge on any atom is 0.407 e.